The fourth-order valence-electron chi connectivity index (χ4n) is 1.59. The van der Waals surface area contributed by atoms with Gasteiger partial charge in [-0.25, -0.2) is 0 Å². The third-order valence-electron chi connectivity index (χ3n) is 2.36. The smallest absolute Gasteiger partial charge is 0.0116 e. The lowest BCUT2D eigenvalue weighted by atomic mass is 9.82. The first kappa shape index (κ1) is 8.06. The Labute approximate surface area is 64.2 Å². The molecule has 1 aliphatic heterocycles. The second-order valence-electron chi connectivity index (χ2n) is 4.37. The fourth-order valence-corrected chi connectivity index (χ4v) is 1.59. The zero-order chi connectivity index (χ0) is 7.61. The van der Waals surface area contributed by atoms with Gasteiger partial charge in [0.15, 0.2) is 0 Å². The van der Waals surface area contributed by atoms with E-state index in [1.54, 1.807) is 0 Å². The summed E-state index contributed by atoms with van der Waals surface area (Å²) >= 11 is 0. The van der Waals surface area contributed by atoms with Crippen molar-refractivity contribution in [3.05, 3.63) is 0 Å². The van der Waals surface area contributed by atoms with E-state index < -0.39 is 0 Å². The van der Waals surface area contributed by atoms with Crippen LogP contribution in [0.1, 0.15) is 40.0 Å². The second-order valence-corrected chi connectivity index (χ2v) is 4.37. The molecule has 0 aromatic carbocycles. The first-order valence-corrected chi connectivity index (χ1v) is 4.34. The molecule has 0 aromatic rings. The van der Waals surface area contributed by atoms with Crippen LogP contribution in [0.2, 0.25) is 0 Å². The Morgan fingerprint density at radius 1 is 1.20 bits per heavy atom. The maximum Gasteiger partial charge on any atom is 0.0116 e. The number of hydrogen-bond acceptors (Lipinski definition) is 1. The van der Waals surface area contributed by atoms with Crippen LogP contribution < -0.4 is 5.32 Å². The molecule has 1 heteroatoms. The largest absolute Gasteiger partial charge is 0.313 e. The molecule has 10 heavy (non-hydrogen) atoms. The molecular formula is C9H19N. The highest BCUT2D eigenvalue weighted by molar-refractivity contribution is 4.82. The van der Waals surface area contributed by atoms with Gasteiger partial charge in [0.25, 0.3) is 0 Å². The predicted molar refractivity (Wildman–Crippen MR) is 45.1 cm³/mol. The standard InChI is InChI=1S/C9H19N/c1-9(2,3)8-6-4-5-7-10-8/h8,10H,4-7H2,1-3H3/t8-/m1/s1. The summed E-state index contributed by atoms with van der Waals surface area (Å²) in [6.07, 6.45) is 4.14. The lowest BCUT2D eigenvalue weighted by Gasteiger charge is -2.34. The summed E-state index contributed by atoms with van der Waals surface area (Å²) in [5.74, 6) is 0. The molecule has 1 fully saturated rings. The van der Waals surface area contributed by atoms with Crippen LogP contribution in [0.15, 0.2) is 0 Å². The zero-order valence-corrected chi connectivity index (χ0v) is 7.41. The molecule has 0 bridgehead atoms. The van der Waals surface area contributed by atoms with Crippen molar-refractivity contribution in [2.24, 2.45) is 5.41 Å². The zero-order valence-electron chi connectivity index (χ0n) is 7.41. The Bertz CT molecular complexity index is 95.8. The first-order chi connectivity index (χ1) is 4.61. The average molecular weight is 141 g/mol. The molecule has 1 saturated heterocycles. The Morgan fingerprint density at radius 2 is 1.90 bits per heavy atom. The minimum Gasteiger partial charge on any atom is -0.313 e. The molecule has 0 radical (unpaired) electrons. The monoisotopic (exact) mass is 141 g/mol. The molecular weight excluding hydrogens is 122 g/mol. The van der Waals surface area contributed by atoms with Gasteiger partial charge in [0.05, 0.1) is 0 Å². The Hall–Kier alpha value is -0.0400. The van der Waals surface area contributed by atoms with Crippen LogP contribution in [0.4, 0.5) is 0 Å². The maximum absolute atomic E-state index is 3.56. The van der Waals surface area contributed by atoms with E-state index >= 15 is 0 Å². The van der Waals surface area contributed by atoms with Crippen molar-refractivity contribution < 1.29 is 0 Å². The van der Waals surface area contributed by atoms with Crippen LogP contribution in [0.25, 0.3) is 0 Å². The van der Waals surface area contributed by atoms with E-state index in [4.69, 9.17) is 0 Å². The first-order valence-electron chi connectivity index (χ1n) is 4.34. The van der Waals surface area contributed by atoms with Crippen LogP contribution in [0.3, 0.4) is 0 Å². The summed E-state index contributed by atoms with van der Waals surface area (Å²) in [7, 11) is 0. The Morgan fingerprint density at radius 3 is 2.20 bits per heavy atom. The summed E-state index contributed by atoms with van der Waals surface area (Å²) in [6, 6.07) is 0.751. The molecule has 1 atom stereocenters. The van der Waals surface area contributed by atoms with E-state index in [0.717, 1.165) is 6.04 Å². The van der Waals surface area contributed by atoms with E-state index in [2.05, 4.69) is 26.1 Å². The third kappa shape index (κ3) is 1.98. The molecule has 0 aliphatic carbocycles. The molecule has 1 N–H and O–H groups in total. The van der Waals surface area contributed by atoms with Crippen molar-refractivity contribution in [1.82, 2.24) is 5.32 Å². The van der Waals surface area contributed by atoms with Gasteiger partial charge in [0.1, 0.15) is 0 Å². The van der Waals surface area contributed by atoms with Crippen LogP contribution >= 0.6 is 0 Å². The van der Waals surface area contributed by atoms with Gasteiger partial charge in [0, 0.05) is 6.04 Å². The lowest BCUT2D eigenvalue weighted by molar-refractivity contribution is 0.226. The highest BCUT2D eigenvalue weighted by atomic mass is 14.9. The Balaban J connectivity index is 2.39. The molecule has 60 valence electrons. The third-order valence-corrected chi connectivity index (χ3v) is 2.36. The van der Waals surface area contributed by atoms with Crippen LogP contribution in [0, 0.1) is 5.41 Å². The number of piperidine rings is 1. The van der Waals surface area contributed by atoms with Crippen LogP contribution in [0.5, 0.6) is 0 Å². The van der Waals surface area contributed by atoms with Gasteiger partial charge in [-0.15, -0.1) is 0 Å². The van der Waals surface area contributed by atoms with Crippen molar-refractivity contribution in [1.29, 1.82) is 0 Å². The Kier molecular flexibility index (Phi) is 2.35. The number of rotatable bonds is 0. The number of hydrogen-bond donors (Lipinski definition) is 1. The normalized spacial score (nSPS) is 28.5. The molecule has 0 amide bonds. The van der Waals surface area contributed by atoms with Crippen molar-refractivity contribution >= 4 is 0 Å². The molecule has 1 nitrogen and oxygen atoms in total. The molecule has 1 heterocycles. The van der Waals surface area contributed by atoms with Crippen molar-refractivity contribution in [3.63, 3.8) is 0 Å². The van der Waals surface area contributed by atoms with Crippen molar-refractivity contribution in [3.8, 4) is 0 Å². The summed E-state index contributed by atoms with van der Waals surface area (Å²) < 4.78 is 0. The van der Waals surface area contributed by atoms with Gasteiger partial charge in [-0.3, -0.25) is 0 Å². The highest BCUT2D eigenvalue weighted by Crippen LogP contribution is 2.25. The topological polar surface area (TPSA) is 12.0 Å². The van der Waals surface area contributed by atoms with Gasteiger partial charge in [-0.1, -0.05) is 27.2 Å². The SMILES string of the molecule is CC(C)(C)[C@H]1CCCCN1. The van der Waals surface area contributed by atoms with Gasteiger partial charge in [0.2, 0.25) is 0 Å². The van der Waals surface area contributed by atoms with E-state index in [1.165, 1.54) is 25.8 Å². The van der Waals surface area contributed by atoms with Gasteiger partial charge in [-0.2, -0.15) is 0 Å². The van der Waals surface area contributed by atoms with Crippen molar-refractivity contribution in [2.75, 3.05) is 6.54 Å². The lowest BCUT2D eigenvalue weighted by Crippen LogP contribution is -2.43. The maximum atomic E-state index is 3.56. The molecule has 1 rings (SSSR count). The molecule has 1 aliphatic rings. The fraction of sp³-hybridized carbons (Fsp3) is 1.00. The van der Waals surface area contributed by atoms with Gasteiger partial charge >= 0.3 is 0 Å². The minimum atomic E-state index is 0.459. The molecule has 0 saturated carbocycles. The molecule has 0 unspecified atom stereocenters. The second kappa shape index (κ2) is 2.91. The summed E-state index contributed by atoms with van der Waals surface area (Å²) in [5, 5.41) is 3.56. The van der Waals surface area contributed by atoms with E-state index in [1.807, 2.05) is 0 Å². The van der Waals surface area contributed by atoms with E-state index in [0.29, 0.717) is 5.41 Å². The van der Waals surface area contributed by atoms with E-state index in [-0.39, 0.29) is 0 Å². The summed E-state index contributed by atoms with van der Waals surface area (Å²) in [4.78, 5) is 0. The van der Waals surface area contributed by atoms with E-state index in [9.17, 15) is 0 Å². The van der Waals surface area contributed by atoms with Crippen molar-refractivity contribution in [2.45, 2.75) is 46.1 Å². The average Bonchev–Trinajstić information content (AvgIpc) is 1.88. The molecule has 0 aromatic heterocycles. The number of nitrogens with one attached hydrogen (secondary N) is 1. The summed E-state index contributed by atoms with van der Waals surface area (Å²) in [5.41, 5.74) is 0.459. The van der Waals surface area contributed by atoms with Gasteiger partial charge in [-0.05, 0) is 24.8 Å². The van der Waals surface area contributed by atoms with Crippen LogP contribution in [-0.4, -0.2) is 12.6 Å². The highest BCUT2D eigenvalue weighted by Gasteiger charge is 2.25. The quantitative estimate of drug-likeness (QED) is 0.545. The molecule has 0 spiro atoms. The summed E-state index contributed by atoms with van der Waals surface area (Å²) in [6.45, 7) is 8.17. The predicted octanol–water partition coefficient (Wildman–Crippen LogP) is 2.17. The van der Waals surface area contributed by atoms with Crippen LogP contribution in [-0.2, 0) is 0 Å². The minimum absolute atomic E-state index is 0.459. The van der Waals surface area contributed by atoms with Gasteiger partial charge < -0.3 is 5.32 Å².